The molecule has 0 spiro atoms. The smallest absolute Gasteiger partial charge is 0.401 e. The van der Waals surface area contributed by atoms with Crippen molar-refractivity contribution in [2.24, 2.45) is 5.73 Å². The first-order valence-electron chi connectivity index (χ1n) is 6.52. The summed E-state index contributed by atoms with van der Waals surface area (Å²) in [6.45, 7) is 2.85. The van der Waals surface area contributed by atoms with E-state index < -0.39 is 12.7 Å². The van der Waals surface area contributed by atoms with Gasteiger partial charge < -0.3 is 10.5 Å². The van der Waals surface area contributed by atoms with E-state index in [0.717, 1.165) is 0 Å². The second-order valence-electron chi connectivity index (χ2n) is 4.92. The lowest BCUT2D eigenvalue weighted by Crippen LogP contribution is -2.41. The topological polar surface area (TPSA) is 38.5 Å². The van der Waals surface area contributed by atoms with Crippen LogP contribution in [0, 0.1) is 0 Å². The van der Waals surface area contributed by atoms with Crippen LogP contribution in [0.25, 0.3) is 0 Å². The van der Waals surface area contributed by atoms with Gasteiger partial charge in [0.05, 0.1) is 6.54 Å². The highest BCUT2D eigenvalue weighted by Crippen LogP contribution is 2.18. The number of benzene rings is 1. The number of rotatable bonds is 7. The van der Waals surface area contributed by atoms with Gasteiger partial charge in [-0.05, 0) is 26.0 Å². The molecule has 0 saturated heterocycles. The van der Waals surface area contributed by atoms with Crippen LogP contribution < -0.4 is 10.5 Å². The Kier molecular flexibility index (Phi) is 6.42. The zero-order valence-electron chi connectivity index (χ0n) is 12.0. The summed E-state index contributed by atoms with van der Waals surface area (Å²) in [5.41, 5.74) is 6.18. The molecule has 0 bridgehead atoms. The monoisotopic (exact) mass is 320 g/mol. The van der Waals surface area contributed by atoms with Gasteiger partial charge in [0.15, 0.2) is 0 Å². The van der Waals surface area contributed by atoms with Crippen LogP contribution in [0.1, 0.15) is 19.4 Å². The van der Waals surface area contributed by atoms with Crippen LogP contribution in [0.5, 0.6) is 5.75 Å². The third-order valence-electron chi connectivity index (χ3n) is 2.88. The maximum Gasteiger partial charge on any atom is 0.401 e. The highest BCUT2D eigenvalue weighted by Gasteiger charge is 2.31. The number of halogens is 3. The largest absolute Gasteiger partial charge is 0.492 e. The van der Waals surface area contributed by atoms with E-state index in [9.17, 15) is 13.2 Å². The summed E-state index contributed by atoms with van der Waals surface area (Å²) in [5, 5.41) is 0. The normalized spacial score (nSPS) is 12.0. The molecule has 21 heavy (non-hydrogen) atoms. The van der Waals surface area contributed by atoms with E-state index in [1.54, 1.807) is 38.1 Å². The molecule has 0 saturated carbocycles. The van der Waals surface area contributed by atoms with Crippen molar-refractivity contribution in [2.75, 3.05) is 19.7 Å². The zero-order chi connectivity index (χ0) is 16.0. The molecule has 1 rings (SSSR count). The Morgan fingerprint density at radius 2 is 2.05 bits per heavy atom. The number of nitrogens with zero attached hydrogens (tertiary/aromatic N) is 1. The van der Waals surface area contributed by atoms with Crippen molar-refractivity contribution in [1.82, 2.24) is 4.90 Å². The lowest BCUT2D eigenvalue weighted by molar-refractivity contribution is -0.150. The molecule has 0 amide bonds. The van der Waals surface area contributed by atoms with Gasteiger partial charge in [0.25, 0.3) is 0 Å². The van der Waals surface area contributed by atoms with E-state index in [4.69, 9.17) is 22.7 Å². The fourth-order valence-corrected chi connectivity index (χ4v) is 1.90. The van der Waals surface area contributed by atoms with Crippen LogP contribution in [0.4, 0.5) is 13.2 Å². The number of nitrogens with two attached hydrogens (primary N) is 1. The molecular weight excluding hydrogens is 301 g/mol. The molecule has 0 atom stereocenters. The van der Waals surface area contributed by atoms with Crippen molar-refractivity contribution in [3.63, 3.8) is 0 Å². The van der Waals surface area contributed by atoms with Crippen molar-refractivity contribution in [3.05, 3.63) is 29.8 Å². The molecule has 0 aromatic heterocycles. The Hall–Kier alpha value is -1.34. The predicted octanol–water partition coefficient (Wildman–Crippen LogP) is 2.97. The fraction of sp³-hybridized carbons (Fsp3) is 0.500. The molecule has 0 aliphatic heterocycles. The van der Waals surface area contributed by atoms with Gasteiger partial charge in [-0.15, -0.1) is 0 Å². The first-order chi connectivity index (χ1) is 9.69. The first-order valence-corrected chi connectivity index (χ1v) is 6.93. The minimum atomic E-state index is -4.21. The van der Waals surface area contributed by atoms with Crippen LogP contribution >= 0.6 is 12.2 Å². The van der Waals surface area contributed by atoms with Gasteiger partial charge in [0.1, 0.15) is 17.3 Å². The van der Waals surface area contributed by atoms with E-state index in [1.165, 1.54) is 4.90 Å². The average Bonchev–Trinajstić information content (AvgIpc) is 2.36. The SMILES string of the molecule is CC(C)N(CCOc1cccc(C(N)=S)c1)CC(F)(F)F. The maximum absolute atomic E-state index is 12.4. The van der Waals surface area contributed by atoms with Gasteiger partial charge in [-0.3, -0.25) is 4.90 Å². The summed E-state index contributed by atoms with van der Waals surface area (Å²) < 4.78 is 42.8. The number of alkyl halides is 3. The van der Waals surface area contributed by atoms with E-state index in [-0.39, 0.29) is 24.2 Å². The summed E-state index contributed by atoms with van der Waals surface area (Å²) in [5.74, 6) is 0.538. The predicted molar refractivity (Wildman–Crippen MR) is 80.6 cm³/mol. The van der Waals surface area contributed by atoms with E-state index in [1.807, 2.05) is 0 Å². The molecule has 1 aromatic rings. The molecule has 0 fully saturated rings. The van der Waals surface area contributed by atoms with Crippen LogP contribution in [-0.2, 0) is 0 Å². The van der Waals surface area contributed by atoms with Crippen LogP contribution in [0.3, 0.4) is 0 Å². The second-order valence-corrected chi connectivity index (χ2v) is 5.36. The number of thiocarbonyl (C=S) groups is 1. The number of hydrogen-bond acceptors (Lipinski definition) is 3. The molecular formula is C14H19F3N2OS. The summed E-state index contributed by atoms with van der Waals surface area (Å²) in [7, 11) is 0. The van der Waals surface area contributed by atoms with Crippen LogP contribution in [0.2, 0.25) is 0 Å². The van der Waals surface area contributed by atoms with Gasteiger partial charge in [-0.25, -0.2) is 0 Å². The summed E-state index contributed by atoms with van der Waals surface area (Å²) in [6, 6.07) is 6.66. The molecule has 1 aromatic carbocycles. The zero-order valence-corrected chi connectivity index (χ0v) is 12.8. The fourth-order valence-electron chi connectivity index (χ4n) is 1.77. The molecule has 0 heterocycles. The van der Waals surface area contributed by atoms with Crippen LogP contribution in [0.15, 0.2) is 24.3 Å². The van der Waals surface area contributed by atoms with Gasteiger partial charge in [-0.1, -0.05) is 24.4 Å². The Bertz CT molecular complexity index is 478. The lowest BCUT2D eigenvalue weighted by Gasteiger charge is -2.27. The molecule has 3 nitrogen and oxygen atoms in total. The number of ether oxygens (including phenoxy) is 1. The Morgan fingerprint density at radius 3 is 2.57 bits per heavy atom. The second kappa shape index (κ2) is 7.61. The van der Waals surface area contributed by atoms with Gasteiger partial charge in [0.2, 0.25) is 0 Å². The van der Waals surface area contributed by atoms with Gasteiger partial charge >= 0.3 is 6.18 Å². The Labute approximate surface area is 127 Å². The van der Waals surface area contributed by atoms with E-state index in [0.29, 0.717) is 11.3 Å². The molecule has 118 valence electrons. The average molecular weight is 320 g/mol. The van der Waals surface area contributed by atoms with Gasteiger partial charge in [0, 0.05) is 18.2 Å². The molecule has 7 heteroatoms. The van der Waals surface area contributed by atoms with E-state index >= 15 is 0 Å². The Balaban J connectivity index is 2.54. The van der Waals surface area contributed by atoms with Gasteiger partial charge in [-0.2, -0.15) is 13.2 Å². The lowest BCUT2D eigenvalue weighted by atomic mass is 10.2. The minimum Gasteiger partial charge on any atom is -0.492 e. The van der Waals surface area contributed by atoms with Crippen molar-refractivity contribution < 1.29 is 17.9 Å². The maximum atomic E-state index is 12.4. The summed E-state index contributed by atoms with van der Waals surface area (Å²) in [4.78, 5) is 1.57. The standard InChI is InChI=1S/C14H19F3N2OS/c1-10(2)19(9-14(15,16)17)6-7-20-12-5-3-4-11(8-12)13(18)21/h3-5,8,10H,6-7,9H2,1-2H3,(H2,18,21). The highest BCUT2D eigenvalue weighted by atomic mass is 32.1. The molecule has 0 radical (unpaired) electrons. The summed E-state index contributed by atoms with van der Waals surface area (Å²) in [6.07, 6.45) is -4.21. The molecule has 0 aliphatic rings. The van der Waals surface area contributed by atoms with Crippen molar-refractivity contribution in [3.8, 4) is 5.75 Å². The molecule has 0 aliphatic carbocycles. The van der Waals surface area contributed by atoms with Crippen molar-refractivity contribution in [2.45, 2.75) is 26.1 Å². The van der Waals surface area contributed by atoms with Crippen molar-refractivity contribution >= 4 is 17.2 Å². The quantitative estimate of drug-likeness (QED) is 0.784. The van der Waals surface area contributed by atoms with Crippen LogP contribution in [-0.4, -0.2) is 41.8 Å². The highest BCUT2D eigenvalue weighted by molar-refractivity contribution is 7.80. The van der Waals surface area contributed by atoms with Crippen molar-refractivity contribution in [1.29, 1.82) is 0 Å². The minimum absolute atomic E-state index is 0.162. The number of hydrogen-bond donors (Lipinski definition) is 1. The first kappa shape index (κ1) is 17.7. The Morgan fingerprint density at radius 1 is 1.38 bits per heavy atom. The molecule has 2 N–H and O–H groups in total. The summed E-state index contributed by atoms with van der Waals surface area (Å²) >= 11 is 4.86. The third-order valence-corrected chi connectivity index (χ3v) is 3.11. The third kappa shape index (κ3) is 6.77. The van der Waals surface area contributed by atoms with E-state index in [2.05, 4.69) is 0 Å². The molecule has 0 unspecified atom stereocenters.